The van der Waals surface area contributed by atoms with E-state index in [1.165, 1.54) is 0 Å². The quantitative estimate of drug-likeness (QED) is 0.0469. The molecule has 0 bridgehead atoms. The van der Waals surface area contributed by atoms with Crippen molar-refractivity contribution in [3.63, 3.8) is 0 Å². The number of rotatable bonds is 15. The number of aryl methyl sites for hydroxylation is 1. The van der Waals surface area contributed by atoms with Crippen LogP contribution in [-0.2, 0) is 6.54 Å². The van der Waals surface area contributed by atoms with Gasteiger partial charge in [-0.25, -0.2) is 4.57 Å². The number of nitrogens with one attached hydrogen (secondary N) is 1. The van der Waals surface area contributed by atoms with Crippen molar-refractivity contribution in [3.8, 4) is 5.75 Å². The number of anilines is 3. The number of hydrazine groups is 1. The van der Waals surface area contributed by atoms with E-state index in [1.807, 2.05) is 123 Å². The fourth-order valence-electron chi connectivity index (χ4n) is 4.75. The zero-order valence-electron chi connectivity index (χ0n) is 25.8. The summed E-state index contributed by atoms with van der Waals surface area (Å²) >= 11 is 6.48. The number of allylic oxidation sites excluding steroid dienone is 4. The van der Waals surface area contributed by atoms with Crippen LogP contribution in [-0.4, -0.2) is 38.2 Å². The second-order valence-electron chi connectivity index (χ2n) is 10.5. The van der Waals surface area contributed by atoms with Gasteiger partial charge in [0.1, 0.15) is 18.0 Å². The SMILES string of the molecule is C\C=C/C(/C=N/N(C)c1ccccc1)=C\C=NCCCCCC[n+]1ccc(NN(C)c2cc(Cl)c3ccccc3c2O)cc1. The average Bonchev–Trinajstić information content (AvgIpc) is 3.05. The van der Waals surface area contributed by atoms with Crippen LogP contribution in [0.15, 0.2) is 119 Å². The van der Waals surface area contributed by atoms with Crippen molar-refractivity contribution in [1.29, 1.82) is 0 Å². The van der Waals surface area contributed by atoms with Gasteiger partial charge in [0.25, 0.3) is 0 Å². The van der Waals surface area contributed by atoms with Gasteiger partial charge in [-0.1, -0.05) is 72.6 Å². The van der Waals surface area contributed by atoms with Gasteiger partial charge in [-0.05, 0) is 49.6 Å². The number of nitrogens with zero attached hydrogens (tertiary/aromatic N) is 5. The molecule has 4 rings (SSSR count). The molecule has 8 heteroatoms. The number of aromatic nitrogens is 1. The summed E-state index contributed by atoms with van der Waals surface area (Å²) in [5.74, 6) is 0.198. The molecule has 0 amide bonds. The smallest absolute Gasteiger partial charge is 0.170 e. The molecular weight excluding hydrogens is 568 g/mol. The molecule has 0 spiro atoms. The maximum Gasteiger partial charge on any atom is 0.170 e. The Kier molecular flexibility index (Phi) is 12.4. The first-order valence-electron chi connectivity index (χ1n) is 15.0. The predicted octanol–water partition coefficient (Wildman–Crippen LogP) is 8.21. The second kappa shape index (κ2) is 16.9. The lowest BCUT2D eigenvalue weighted by molar-refractivity contribution is -0.697. The number of fused-ring (bicyclic) bond motifs is 1. The number of benzene rings is 3. The minimum Gasteiger partial charge on any atom is -0.505 e. The summed E-state index contributed by atoms with van der Waals surface area (Å²) in [5, 5.41) is 21.1. The second-order valence-corrected chi connectivity index (χ2v) is 10.9. The largest absolute Gasteiger partial charge is 0.505 e. The lowest BCUT2D eigenvalue weighted by Crippen LogP contribution is -2.33. The number of aliphatic imine (C=N–C) groups is 1. The summed E-state index contributed by atoms with van der Waals surface area (Å²) in [6.07, 6.45) is 18.4. The zero-order chi connectivity index (χ0) is 31.1. The van der Waals surface area contributed by atoms with Gasteiger partial charge in [0.15, 0.2) is 12.4 Å². The van der Waals surface area contributed by atoms with Crippen molar-refractivity contribution in [2.75, 3.05) is 36.1 Å². The summed E-state index contributed by atoms with van der Waals surface area (Å²) < 4.78 is 2.19. The van der Waals surface area contributed by atoms with Crippen molar-refractivity contribution in [3.05, 3.63) is 114 Å². The van der Waals surface area contributed by atoms with E-state index in [0.717, 1.165) is 66.5 Å². The van der Waals surface area contributed by atoms with Crippen molar-refractivity contribution < 1.29 is 9.67 Å². The Hall–Kier alpha value is -4.62. The molecule has 1 heterocycles. The third-order valence-corrected chi connectivity index (χ3v) is 7.50. The molecule has 228 valence electrons. The average molecular weight is 610 g/mol. The lowest BCUT2D eigenvalue weighted by Gasteiger charge is -2.23. The topological polar surface area (TPSA) is 67.3 Å². The summed E-state index contributed by atoms with van der Waals surface area (Å²) in [6, 6.07) is 23.5. The molecule has 7 nitrogen and oxygen atoms in total. The van der Waals surface area contributed by atoms with Crippen molar-refractivity contribution >= 4 is 51.9 Å². The summed E-state index contributed by atoms with van der Waals surface area (Å²) in [6.45, 7) is 3.78. The zero-order valence-corrected chi connectivity index (χ0v) is 26.5. The summed E-state index contributed by atoms with van der Waals surface area (Å²) in [4.78, 5) is 4.57. The first-order chi connectivity index (χ1) is 21.5. The van der Waals surface area contributed by atoms with E-state index in [4.69, 9.17) is 11.6 Å². The molecule has 44 heavy (non-hydrogen) atoms. The normalized spacial score (nSPS) is 12.1. The molecule has 3 aromatic carbocycles. The van der Waals surface area contributed by atoms with Gasteiger partial charge < -0.3 is 5.11 Å². The molecule has 0 aliphatic carbocycles. The number of pyridine rings is 1. The third-order valence-electron chi connectivity index (χ3n) is 7.19. The van der Waals surface area contributed by atoms with E-state index in [2.05, 4.69) is 32.5 Å². The van der Waals surface area contributed by atoms with Gasteiger partial charge >= 0.3 is 0 Å². The fourth-order valence-corrected chi connectivity index (χ4v) is 5.02. The first kappa shape index (κ1) is 32.3. The van der Waals surface area contributed by atoms with Crippen LogP contribution in [0.1, 0.15) is 32.6 Å². The van der Waals surface area contributed by atoms with E-state index in [0.29, 0.717) is 10.7 Å². The highest BCUT2D eigenvalue weighted by Gasteiger charge is 2.14. The van der Waals surface area contributed by atoms with E-state index >= 15 is 0 Å². The van der Waals surface area contributed by atoms with E-state index in [-0.39, 0.29) is 5.75 Å². The predicted molar refractivity (Wildman–Crippen MR) is 187 cm³/mol. The maximum atomic E-state index is 10.8. The van der Waals surface area contributed by atoms with Crippen LogP contribution in [0.5, 0.6) is 5.75 Å². The van der Waals surface area contributed by atoms with E-state index in [9.17, 15) is 5.11 Å². The molecule has 0 atom stereocenters. The Bertz CT molecular complexity index is 1600. The monoisotopic (exact) mass is 609 g/mol. The number of hydrazone groups is 1. The Balaban J connectivity index is 1.16. The number of aromatic hydroxyl groups is 1. The Morgan fingerprint density at radius 3 is 2.39 bits per heavy atom. The highest BCUT2D eigenvalue weighted by molar-refractivity contribution is 6.36. The third kappa shape index (κ3) is 9.44. The number of hydrogen-bond acceptors (Lipinski definition) is 6. The van der Waals surface area contributed by atoms with Gasteiger partial charge in [0, 0.05) is 56.2 Å². The minimum atomic E-state index is 0.198. The van der Waals surface area contributed by atoms with Crippen LogP contribution < -0.4 is 20.0 Å². The van der Waals surface area contributed by atoms with Crippen LogP contribution >= 0.6 is 11.6 Å². The van der Waals surface area contributed by atoms with Crippen LogP contribution in [0.3, 0.4) is 0 Å². The number of hydrogen-bond donors (Lipinski definition) is 2. The maximum absolute atomic E-state index is 10.8. The molecule has 0 saturated heterocycles. The highest BCUT2D eigenvalue weighted by atomic mass is 35.5. The molecule has 0 fully saturated rings. The molecule has 1 aromatic heterocycles. The van der Waals surface area contributed by atoms with Gasteiger partial charge in [0.2, 0.25) is 0 Å². The molecular formula is C36H42ClN6O+. The highest BCUT2D eigenvalue weighted by Crippen LogP contribution is 2.39. The van der Waals surface area contributed by atoms with Gasteiger partial charge in [0.05, 0.1) is 22.6 Å². The summed E-state index contributed by atoms with van der Waals surface area (Å²) in [5.41, 5.74) is 6.90. The standard InChI is InChI=1S/C36H41ClN6O/c1-4-14-29(28-39-41(2)31-15-8-7-9-16-31)19-23-38-22-12-5-6-13-24-43-25-20-30(21-26-43)40-42(3)35-27-34(37)32-17-10-11-18-33(32)36(35)44/h4,7-11,14-21,23,25-28,44H,5-6,12-13,22,24H2,1-3H3/p+1/b14-4-,29-19+,38-23?,39-28+. The van der Waals surface area contributed by atoms with Crippen LogP contribution in [0.4, 0.5) is 17.1 Å². The number of halogens is 1. The Morgan fingerprint density at radius 1 is 0.932 bits per heavy atom. The van der Waals surface area contributed by atoms with Gasteiger partial charge in [-0.3, -0.25) is 20.4 Å². The fraction of sp³-hybridized carbons (Fsp3) is 0.250. The van der Waals surface area contributed by atoms with E-state index in [1.54, 1.807) is 11.1 Å². The number of unbranched alkanes of at least 4 members (excludes halogenated alkanes) is 3. The van der Waals surface area contributed by atoms with Gasteiger partial charge in [-0.15, -0.1) is 0 Å². The molecule has 0 radical (unpaired) electrons. The minimum absolute atomic E-state index is 0.198. The molecule has 0 saturated carbocycles. The number of phenols is 1. The molecule has 4 aromatic rings. The van der Waals surface area contributed by atoms with Crippen molar-refractivity contribution in [1.82, 2.24) is 0 Å². The van der Waals surface area contributed by atoms with Crippen LogP contribution in [0.2, 0.25) is 5.02 Å². The molecule has 2 N–H and O–H groups in total. The molecule has 0 unspecified atom stereocenters. The van der Waals surface area contributed by atoms with Crippen LogP contribution in [0, 0.1) is 0 Å². The number of phenolic OH excluding ortho intramolecular Hbond substituents is 1. The molecule has 0 aliphatic rings. The Labute approximate surface area is 266 Å². The van der Waals surface area contributed by atoms with Crippen LogP contribution in [0.25, 0.3) is 10.8 Å². The van der Waals surface area contributed by atoms with Crippen molar-refractivity contribution in [2.24, 2.45) is 10.1 Å². The number of para-hydroxylation sites is 1. The van der Waals surface area contributed by atoms with Gasteiger partial charge in [-0.2, -0.15) is 5.10 Å². The first-order valence-corrected chi connectivity index (χ1v) is 15.4. The van der Waals surface area contributed by atoms with Crippen molar-refractivity contribution in [2.45, 2.75) is 39.2 Å². The summed E-state index contributed by atoms with van der Waals surface area (Å²) in [7, 11) is 3.80. The Morgan fingerprint density at radius 2 is 1.64 bits per heavy atom. The molecule has 0 aliphatic heterocycles. The van der Waals surface area contributed by atoms with E-state index < -0.39 is 0 Å². The lowest BCUT2D eigenvalue weighted by atomic mass is 10.1.